The average molecular weight is 187 g/mol. The monoisotopic (exact) mass is 187 g/mol. The zero-order valence-electron chi connectivity index (χ0n) is 8.47. The standard InChI is InChI=1S/C10H21NS/c1-4-6-8-11-10(3)7-9-12-5-2/h4,6,10-11H,5,7-9H2,1-3H3/b6-4+. The Morgan fingerprint density at radius 2 is 2.25 bits per heavy atom. The van der Waals surface area contributed by atoms with Gasteiger partial charge in [0.2, 0.25) is 0 Å². The van der Waals surface area contributed by atoms with Crippen molar-refractivity contribution >= 4 is 11.8 Å². The van der Waals surface area contributed by atoms with E-state index in [2.05, 4.69) is 38.2 Å². The lowest BCUT2D eigenvalue weighted by Gasteiger charge is -2.11. The summed E-state index contributed by atoms with van der Waals surface area (Å²) in [5.41, 5.74) is 0. The van der Waals surface area contributed by atoms with E-state index in [1.807, 2.05) is 11.8 Å². The maximum atomic E-state index is 3.44. The molecule has 1 N–H and O–H groups in total. The Morgan fingerprint density at radius 3 is 2.83 bits per heavy atom. The van der Waals surface area contributed by atoms with Crippen molar-refractivity contribution < 1.29 is 0 Å². The van der Waals surface area contributed by atoms with Crippen LogP contribution in [0.25, 0.3) is 0 Å². The first kappa shape index (κ1) is 12.0. The molecule has 2 heteroatoms. The maximum absolute atomic E-state index is 3.44. The second kappa shape index (κ2) is 9.14. The highest BCUT2D eigenvalue weighted by Crippen LogP contribution is 2.03. The van der Waals surface area contributed by atoms with Gasteiger partial charge >= 0.3 is 0 Å². The van der Waals surface area contributed by atoms with E-state index in [9.17, 15) is 0 Å². The second-order valence-electron chi connectivity index (χ2n) is 2.86. The quantitative estimate of drug-likeness (QED) is 0.486. The molecule has 0 saturated carbocycles. The summed E-state index contributed by atoms with van der Waals surface area (Å²) in [6.07, 6.45) is 5.51. The van der Waals surface area contributed by atoms with Crippen molar-refractivity contribution in [2.24, 2.45) is 0 Å². The van der Waals surface area contributed by atoms with E-state index in [0.717, 1.165) is 6.54 Å². The molecule has 0 aliphatic heterocycles. The van der Waals surface area contributed by atoms with E-state index in [1.54, 1.807) is 0 Å². The Morgan fingerprint density at radius 1 is 1.50 bits per heavy atom. The van der Waals surface area contributed by atoms with Crippen LogP contribution in [-0.4, -0.2) is 24.1 Å². The fraction of sp³-hybridized carbons (Fsp3) is 0.800. The third kappa shape index (κ3) is 8.15. The van der Waals surface area contributed by atoms with Crippen LogP contribution in [0, 0.1) is 0 Å². The topological polar surface area (TPSA) is 12.0 Å². The zero-order valence-corrected chi connectivity index (χ0v) is 9.29. The van der Waals surface area contributed by atoms with Gasteiger partial charge in [0.15, 0.2) is 0 Å². The lowest BCUT2D eigenvalue weighted by molar-refractivity contribution is 0.571. The summed E-state index contributed by atoms with van der Waals surface area (Å²) in [6.45, 7) is 7.52. The van der Waals surface area contributed by atoms with Crippen molar-refractivity contribution in [1.29, 1.82) is 0 Å². The molecular formula is C10H21NS. The van der Waals surface area contributed by atoms with Crippen LogP contribution in [0.5, 0.6) is 0 Å². The van der Waals surface area contributed by atoms with Gasteiger partial charge in [-0.3, -0.25) is 0 Å². The van der Waals surface area contributed by atoms with Gasteiger partial charge in [-0.1, -0.05) is 19.1 Å². The van der Waals surface area contributed by atoms with Crippen LogP contribution in [0.1, 0.15) is 27.2 Å². The molecule has 1 unspecified atom stereocenters. The molecule has 0 fully saturated rings. The van der Waals surface area contributed by atoms with Gasteiger partial charge in [-0.25, -0.2) is 0 Å². The molecule has 0 heterocycles. The molecule has 0 aliphatic rings. The van der Waals surface area contributed by atoms with Gasteiger partial charge in [0.1, 0.15) is 0 Å². The number of allylic oxidation sites excluding steroid dienone is 1. The Hall–Kier alpha value is 0.0500. The molecule has 1 nitrogen and oxygen atoms in total. The van der Waals surface area contributed by atoms with E-state index in [1.165, 1.54) is 17.9 Å². The number of hydrogen-bond donors (Lipinski definition) is 1. The molecule has 0 aromatic carbocycles. The van der Waals surface area contributed by atoms with E-state index in [4.69, 9.17) is 0 Å². The predicted octanol–water partition coefficient (Wildman–Crippen LogP) is 2.68. The van der Waals surface area contributed by atoms with E-state index in [-0.39, 0.29) is 0 Å². The summed E-state index contributed by atoms with van der Waals surface area (Å²) in [6, 6.07) is 0.653. The summed E-state index contributed by atoms with van der Waals surface area (Å²) >= 11 is 2.02. The minimum atomic E-state index is 0.653. The highest BCUT2D eigenvalue weighted by Gasteiger charge is 1.97. The fourth-order valence-electron chi connectivity index (χ4n) is 0.894. The zero-order chi connectivity index (χ0) is 9.23. The van der Waals surface area contributed by atoms with Crippen LogP contribution >= 0.6 is 11.8 Å². The molecule has 0 aromatic heterocycles. The van der Waals surface area contributed by atoms with Crippen molar-refractivity contribution in [3.63, 3.8) is 0 Å². The Labute approximate surface area is 81.0 Å². The molecule has 0 amide bonds. The number of thioether (sulfide) groups is 1. The van der Waals surface area contributed by atoms with Gasteiger partial charge in [0, 0.05) is 12.6 Å². The van der Waals surface area contributed by atoms with Crippen LogP contribution in [0.15, 0.2) is 12.2 Å². The molecular weight excluding hydrogens is 166 g/mol. The third-order valence-corrected chi connectivity index (χ3v) is 2.65. The van der Waals surface area contributed by atoms with E-state index in [0.29, 0.717) is 6.04 Å². The molecule has 0 aliphatic carbocycles. The van der Waals surface area contributed by atoms with Gasteiger partial charge in [0.05, 0.1) is 0 Å². The van der Waals surface area contributed by atoms with E-state index >= 15 is 0 Å². The molecule has 12 heavy (non-hydrogen) atoms. The molecule has 0 bridgehead atoms. The lowest BCUT2D eigenvalue weighted by Crippen LogP contribution is -2.26. The summed E-state index contributed by atoms with van der Waals surface area (Å²) in [4.78, 5) is 0. The van der Waals surface area contributed by atoms with Crippen molar-refractivity contribution in [1.82, 2.24) is 5.32 Å². The van der Waals surface area contributed by atoms with Crippen LogP contribution in [0.4, 0.5) is 0 Å². The van der Waals surface area contributed by atoms with Crippen molar-refractivity contribution in [3.8, 4) is 0 Å². The second-order valence-corrected chi connectivity index (χ2v) is 4.26. The first-order valence-corrected chi connectivity index (χ1v) is 5.89. The van der Waals surface area contributed by atoms with Crippen molar-refractivity contribution in [2.75, 3.05) is 18.1 Å². The molecule has 0 rings (SSSR count). The Balaban J connectivity index is 3.15. The van der Waals surface area contributed by atoms with Gasteiger partial charge < -0.3 is 5.32 Å². The van der Waals surface area contributed by atoms with Gasteiger partial charge in [-0.05, 0) is 31.8 Å². The molecule has 0 spiro atoms. The van der Waals surface area contributed by atoms with Gasteiger partial charge in [0.25, 0.3) is 0 Å². The third-order valence-electron chi connectivity index (χ3n) is 1.72. The summed E-state index contributed by atoms with van der Waals surface area (Å²) in [5.74, 6) is 2.52. The average Bonchev–Trinajstić information content (AvgIpc) is 2.06. The van der Waals surface area contributed by atoms with Crippen molar-refractivity contribution in [2.45, 2.75) is 33.2 Å². The van der Waals surface area contributed by atoms with Crippen LogP contribution in [0.2, 0.25) is 0 Å². The number of rotatable bonds is 7. The maximum Gasteiger partial charge on any atom is 0.0137 e. The van der Waals surface area contributed by atoms with Crippen LogP contribution < -0.4 is 5.32 Å². The van der Waals surface area contributed by atoms with Gasteiger partial charge in [-0.2, -0.15) is 11.8 Å². The fourth-order valence-corrected chi connectivity index (χ4v) is 1.70. The first-order valence-electron chi connectivity index (χ1n) is 4.73. The summed E-state index contributed by atoms with van der Waals surface area (Å²) < 4.78 is 0. The Kier molecular flexibility index (Phi) is 9.18. The number of nitrogens with one attached hydrogen (secondary N) is 1. The van der Waals surface area contributed by atoms with Crippen LogP contribution in [0.3, 0.4) is 0 Å². The minimum Gasteiger partial charge on any atom is -0.311 e. The first-order chi connectivity index (χ1) is 5.81. The predicted molar refractivity (Wildman–Crippen MR) is 59.9 cm³/mol. The normalized spacial score (nSPS) is 13.9. The van der Waals surface area contributed by atoms with Crippen molar-refractivity contribution in [3.05, 3.63) is 12.2 Å². The van der Waals surface area contributed by atoms with Gasteiger partial charge in [-0.15, -0.1) is 0 Å². The molecule has 0 aromatic rings. The molecule has 0 radical (unpaired) electrons. The Bertz CT molecular complexity index is 112. The highest BCUT2D eigenvalue weighted by molar-refractivity contribution is 7.99. The molecule has 1 atom stereocenters. The largest absolute Gasteiger partial charge is 0.311 e. The number of hydrogen-bond acceptors (Lipinski definition) is 2. The smallest absolute Gasteiger partial charge is 0.0137 e. The summed E-state index contributed by atoms with van der Waals surface area (Å²) in [5, 5.41) is 3.44. The van der Waals surface area contributed by atoms with Crippen LogP contribution in [-0.2, 0) is 0 Å². The minimum absolute atomic E-state index is 0.653. The SMILES string of the molecule is C/C=C/CNC(C)CCSCC. The summed E-state index contributed by atoms with van der Waals surface area (Å²) in [7, 11) is 0. The highest BCUT2D eigenvalue weighted by atomic mass is 32.2. The van der Waals surface area contributed by atoms with E-state index < -0.39 is 0 Å². The molecule has 72 valence electrons. The lowest BCUT2D eigenvalue weighted by atomic mass is 10.2. The molecule has 0 saturated heterocycles.